The number of pyridine rings is 1. The van der Waals surface area contributed by atoms with Gasteiger partial charge in [-0.15, -0.1) is 0 Å². The van der Waals surface area contributed by atoms with Crippen LogP contribution in [-0.2, 0) is 33.6 Å². The Labute approximate surface area is 324 Å². The molecule has 56 heavy (non-hydrogen) atoms. The van der Waals surface area contributed by atoms with E-state index in [2.05, 4.69) is 15.6 Å². The molecule has 4 amide bonds. The first-order valence-corrected chi connectivity index (χ1v) is 19.9. The summed E-state index contributed by atoms with van der Waals surface area (Å²) in [5, 5.41) is 6.32. The number of carbonyl (C=O) groups excluding carboxylic acids is 4. The van der Waals surface area contributed by atoms with Gasteiger partial charge in [0.25, 0.3) is 5.91 Å². The highest BCUT2D eigenvalue weighted by atomic mass is 32.2. The summed E-state index contributed by atoms with van der Waals surface area (Å²) in [7, 11) is -3.02. The monoisotopic (exact) mass is 813 g/mol. The van der Waals surface area contributed by atoms with Crippen LogP contribution in [0.2, 0.25) is 0 Å². The number of carbonyl (C=O) groups is 4. The fraction of sp³-hybridized carbons (Fsp3) is 0.649. The maximum atomic E-state index is 14.5. The van der Waals surface area contributed by atoms with Gasteiger partial charge >= 0.3 is 22.6 Å². The molecule has 0 unspecified atom stereocenters. The maximum absolute atomic E-state index is 14.5. The molecule has 310 valence electrons. The standard InChI is InChI=1S/C37H50F3N5O10S/c1-9-22-19-36(22,31(48)44-56(50,51)55-35(10-2)14-15-35)43-28(46)26-18-24(53-29-25-12-11-23(52-8)17-21(25)13-16-41-29)20-45(26)30(47)27(33(3,4)5)42-32(49)54-34(6,7)37(38,39)40/h11-13,16-17,22,24,26-27H,9-10,14-15,18-20H2,1-8H3,(H,42,49)(H,43,46)(H,44,48)/t22-,24-,26+,27-,36-/m1/s1. The number of methoxy groups -OCH3 is 1. The van der Waals surface area contributed by atoms with Gasteiger partial charge in [-0.1, -0.05) is 41.0 Å². The molecule has 1 aromatic heterocycles. The van der Waals surface area contributed by atoms with E-state index in [9.17, 15) is 40.8 Å². The van der Waals surface area contributed by atoms with Crippen LogP contribution in [0.1, 0.15) is 87.0 Å². The highest BCUT2D eigenvalue weighted by molar-refractivity contribution is 7.85. The van der Waals surface area contributed by atoms with Crippen LogP contribution in [0.3, 0.4) is 0 Å². The number of alkyl halides is 3. The van der Waals surface area contributed by atoms with E-state index < -0.39 is 86.6 Å². The van der Waals surface area contributed by atoms with Crippen LogP contribution in [0.5, 0.6) is 11.6 Å². The molecular formula is C37H50F3N5O10S. The molecule has 5 rings (SSSR count). The molecule has 2 aliphatic carbocycles. The van der Waals surface area contributed by atoms with Crippen LogP contribution >= 0.6 is 0 Å². The van der Waals surface area contributed by atoms with E-state index in [1.807, 2.05) is 4.72 Å². The Morgan fingerprint density at radius 1 is 1.05 bits per heavy atom. The number of fused-ring (bicyclic) bond motifs is 1. The van der Waals surface area contributed by atoms with Crippen molar-refractivity contribution in [3.63, 3.8) is 0 Å². The molecular weight excluding hydrogens is 763 g/mol. The van der Waals surface area contributed by atoms with Gasteiger partial charge in [0, 0.05) is 18.0 Å². The van der Waals surface area contributed by atoms with E-state index in [1.165, 1.54) is 13.3 Å². The van der Waals surface area contributed by atoms with Gasteiger partial charge in [-0.05, 0) is 80.5 Å². The van der Waals surface area contributed by atoms with E-state index in [0.29, 0.717) is 50.7 Å². The van der Waals surface area contributed by atoms with E-state index in [1.54, 1.807) is 58.9 Å². The molecule has 0 spiro atoms. The van der Waals surface area contributed by atoms with Crippen LogP contribution in [0, 0.1) is 11.3 Å². The second-order valence-corrected chi connectivity index (χ2v) is 17.6. The summed E-state index contributed by atoms with van der Waals surface area (Å²) in [6.07, 6.45) is -3.99. The van der Waals surface area contributed by atoms with Crippen molar-refractivity contribution in [1.29, 1.82) is 0 Å². The lowest BCUT2D eigenvalue weighted by molar-refractivity contribution is -0.244. The predicted octanol–water partition coefficient (Wildman–Crippen LogP) is 4.68. The summed E-state index contributed by atoms with van der Waals surface area (Å²) >= 11 is 0. The summed E-state index contributed by atoms with van der Waals surface area (Å²) in [5.41, 5.74) is -6.54. The third-order valence-corrected chi connectivity index (χ3v) is 11.8. The fourth-order valence-corrected chi connectivity index (χ4v) is 8.04. The minimum atomic E-state index is -4.92. The molecule has 0 bridgehead atoms. The number of alkyl carbamates (subject to hydrolysis) is 1. The normalized spacial score (nSPS) is 23.8. The van der Waals surface area contributed by atoms with Gasteiger partial charge < -0.3 is 29.7 Å². The lowest BCUT2D eigenvalue weighted by Crippen LogP contribution is -2.60. The number of aromatic nitrogens is 1. The number of hydrogen-bond acceptors (Lipinski definition) is 11. The number of likely N-dealkylation sites (tertiary alicyclic amines) is 1. The van der Waals surface area contributed by atoms with Gasteiger partial charge in [-0.25, -0.2) is 18.7 Å². The van der Waals surface area contributed by atoms with Crippen molar-refractivity contribution in [3.05, 3.63) is 30.5 Å². The molecule has 5 atom stereocenters. The Kier molecular flexibility index (Phi) is 11.6. The Hall–Kier alpha value is -4.39. The lowest BCUT2D eigenvalue weighted by atomic mass is 9.85. The molecule has 3 fully saturated rings. The van der Waals surface area contributed by atoms with Gasteiger partial charge in [-0.3, -0.25) is 14.4 Å². The van der Waals surface area contributed by atoms with E-state index in [0.717, 1.165) is 10.3 Å². The van der Waals surface area contributed by atoms with Crippen molar-refractivity contribution in [2.45, 2.75) is 128 Å². The Morgan fingerprint density at radius 3 is 2.29 bits per heavy atom. The van der Waals surface area contributed by atoms with Crippen molar-refractivity contribution in [3.8, 4) is 11.6 Å². The first-order valence-electron chi connectivity index (χ1n) is 18.5. The zero-order chi connectivity index (χ0) is 41.6. The molecule has 19 heteroatoms. The molecule has 1 aliphatic heterocycles. The molecule has 3 N–H and O–H groups in total. The average Bonchev–Trinajstić information content (AvgIpc) is 3.99. The van der Waals surface area contributed by atoms with Gasteiger partial charge in [0.1, 0.15) is 29.5 Å². The smallest absolute Gasteiger partial charge is 0.427 e. The summed E-state index contributed by atoms with van der Waals surface area (Å²) in [4.78, 5) is 60.8. The van der Waals surface area contributed by atoms with Crippen LogP contribution < -0.4 is 24.8 Å². The number of hydrogen-bond donors (Lipinski definition) is 3. The SMILES string of the molecule is CC[C@@H]1C[C@]1(NC(=O)[C@@H]1C[C@@H](Oc2nccc3cc(OC)ccc23)CN1C(=O)[C@@H](NC(=O)OC(C)(C)C(F)(F)F)C(C)(C)C)C(=O)NS(=O)(=O)OC1(CC)CC1. The number of nitrogens with one attached hydrogen (secondary N) is 3. The largest absolute Gasteiger partial charge is 0.497 e. The van der Waals surface area contributed by atoms with Gasteiger partial charge in [0.05, 0.1) is 19.3 Å². The minimum Gasteiger partial charge on any atom is -0.497 e. The zero-order valence-electron chi connectivity index (χ0n) is 32.7. The van der Waals surface area contributed by atoms with E-state index in [-0.39, 0.29) is 25.3 Å². The molecule has 3 aliphatic rings. The number of halogens is 3. The first kappa shape index (κ1) is 42.7. The van der Waals surface area contributed by atoms with Crippen molar-refractivity contribution < 1.29 is 59.2 Å². The molecule has 1 saturated heterocycles. The topological polar surface area (TPSA) is 192 Å². The van der Waals surface area contributed by atoms with Crippen LogP contribution in [0.15, 0.2) is 30.5 Å². The van der Waals surface area contributed by atoms with Crippen molar-refractivity contribution in [2.75, 3.05) is 13.7 Å². The number of nitrogens with zero attached hydrogens (tertiary/aromatic N) is 2. The first-order chi connectivity index (χ1) is 25.9. The molecule has 15 nitrogen and oxygen atoms in total. The third kappa shape index (κ3) is 9.08. The number of amides is 4. The summed E-state index contributed by atoms with van der Waals surface area (Å²) in [6.45, 7) is 9.35. The molecule has 0 radical (unpaired) electrons. The predicted molar refractivity (Wildman–Crippen MR) is 195 cm³/mol. The lowest BCUT2D eigenvalue weighted by Gasteiger charge is -2.36. The Bertz CT molecular complexity index is 1970. The Morgan fingerprint density at radius 2 is 1.73 bits per heavy atom. The molecule has 1 aromatic carbocycles. The number of rotatable bonds is 14. The second-order valence-electron chi connectivity index (χ2n) is 16.3. The molecule has 2 aromatic rings. The minimum absolute atomic E-state index is 0.104. The number of ether oxygens (including phenoxy) is 3. The van der Waals surface area contributed by atoms with Crippen molar-refractivity contribution >= 4 is 44.9 Å². The Balaban J connectivity index is 1.44. The summed E-state index contributed by atoms with van der Waals surface area (Å²) < 4.78 is 90.1. The fourth-order valence-electron chi connectivity index (χ4n) is 6.84. The molecule has 2 saturated carbocycles. The maximum Gasteiger partial charge on any atom is 0.427 e. The highest BCUT2D eigenvalue weighted by Crippen LogP contribution is 2.47. The second kappa shape index (κ2) is 15.2. The summed E-state index contributed by atoms with van der Waals surface area (Å²) in [6, 6.07) is 4.10. The van der Waals surface area contributed by atoms with Crippen molar-refractivity contribution in [2.24, 2.45) is 11.3 Å². The van der Waals surface area contributed by atoms with Gasteiger partial charge in [0.15, 0.2) is 0 Å². The van der Waals surface area contributed by atoms with E-state index >= 15 is 0 Å². The van der Waals surface area contributed by atoms with Crippen LogP contribution in [-0.4, -0.2) is 96.9 Å². The number of benzene rings is 1. The molecule has 2 heterocycles. The summed E-state index contributed by atoms with van der Waals surface area (Å²) in [5.74, 6) is -2.33. The van der Waals surface area contributed by atoms with Gasteiger partial charge in [-0.2, -0.15) is 21.6 Å². The average molecular weight is 814 g/mol. The third-order valence-electron chi connectivity index (χ3n) is 10.8. The van der Waals surface area contributed by atoms with Gasteiger partial charge in [0.2, 0.25) is 23.3 Å². The quantitative estimate of drug-likeness (QED) is 0.240. The van der Waals surface area contributed by atoms with Crippen molar-refractivity contribution in [1.82, 2.24) is 25.2 Å². The van der Waals surface area contributed by atoms with E-state index in [4.69, 9.17) is 18.4 Å². The zero-order valence-corrected chi connectivity index (χ0v) is 33.5. The van der Waals surface area contributed by atoms with Crippen LogP contribution in [0.4, 0.5) is 18.0 Å². The van der Waals surface area contributed by atoms with Crippen LogP contribution in [0.25, 0.3) is 10.8 Å². The highest BCUT2D eigenvalue weighted by Gasteiger charge is 2.62.